The predicted octanol–water partition coefficient (Wildman–Crippen LogP) is 0.982. The molecule has 0 amide bonds. The van der Waals surface area contributed by atoms with Gasteiger partial charge in [0.25, 0.3) is 0 Å². The molecule has 0 radical (unpaired) electrons. The van der Waals surface area contributed by atoms with Gasteiger partial charge < -0.3 is 14.6 Å². The van der Waals surface area contributed by atoms with Crippen LogP contribution in [0.5, 0.6) is 0 Å². The van der Waals surface area contributed by atoms with Crippen molar-refractivity contribution in [2.75, 3.05) is 0 Å². The number of nitriles is 1. The van der Waals surface area contributed by atoms with Gasteiger partial charge in [-0.05, 0) is 31.5 Å². The largest absolute Gasteiger partial charge is 0.575 e. The Balaban J connectivity index is 2.22. The number of carbonyl (C=O) groups excluding carboxylic acids is 1. The van der Waals surface area contributed by atoms with Crippen LogP contribution in [0.25, 0.3) is 0 Å². The Morgan fingerprint density at radius 3 is 2.42 bits per heavy atom. The molecule has 2 rings (SSSR count). The average molecular weight is 258 g/mol. The minimum atomic E-state index is -1.22. The average Bonchev–Trinajstić information content (AvgIpc) is 2.33. The maximum absolute atomic E-state index is 11.7. The zero-order chi connectivity index (χ0) is 14.0. The predicted molar refractivity (Wildman–Crippen MR) is 63.1 cm³/mol. The molecule has 0 saturated carbocycles. The summed E-state index contributed by atoms with van der Waals surface area (Å²) in [5.74, 6) is -2.54. The SMILES string of the molecule is CC1(C)OC(=O)C(Cc2ccc(C#N)cc2)=C([O-])O1. The third kappa shape index (κ3) is 2.86. The summed E-state index contributed by atoms with van der Waals surface area (Å²) in [7, 11) is 0. The zero-order valence-electron chi connectivity index (χ0n) is 10.6. The number of ether oxygens (including phenoxy) is 2. The van der Waals surface area contributed by atoms with E-state index in [0.717, 1.165) is 5.56 Å². The van der Waals surface area contributed by atoms with Crippen molar-refractivity contribution < 1.29 is 19.4 Å². The normalized spacial score (nSPS) is 17.4. The van der Waals surface area contributed by atoms with Crippen LogP contribution in [-0.2, 0) is 20.7 Å². The Hall–Kier alpha value is -2.48. The van der Waals surface area contributed by atoms with E-state index in [9.17, 15) is 9.90 Å². The summed E-state index contributed by atoms with van der Waals surface area (Å²) in [4.78, 5) is 11.7. The van der Waals surface area contributed by atoms with Crippen molar-refractivity contribution in [1.29, 1.82) is 5.26 Å². The van der Waals surface area contributed by atoms with Gasteiger partial charge in [-0.25, -0.2) is 4.79 Å². The molecule has 0 unspecified atom stereocenters. The second-order valence-electron chi connectivity index (χ2n) is 4.64. The van der Waals surface area contributed by atoms with Gasteiger partial charge in [0.2, 0.25) is 0 Å². The summed E-state index contributed by atoms with van der Waals surface area (Å²) in [6.07, 6.45) is 0.124. The molecule has 0 aliphatic carbocycles. The lowest BCUT2D eigenvalue weighted by Crippen LogP contribution is -2.40. The number of hydrogen-bond acceptors (Lipinski definition) is 5. The molecule has 0 N–H and O–H groups in total. The monoisotopic (exact) mass is 258 g/mol. The van der Waals surface area contributed by atoms with Crippen LogP contribution in [0.1, 0.15) is 25.0 Å². The Kier molecular flexibility index (Phi) is 3.17. The molecule has 1 aromatic carbocycles. The molecule has 5 nitrogen and oxygen atoms in total. The molecule has 0 fully saturated rings. The van der Waals surface area contributed by atoms with Crippen molar-refractivity contribution in [2.45, 2.75) is 26.1 Å². The van der Waals surface area contributed by atoms with Crippen LogP contribution < -0.4 is 5.11 Å². The molecule has 0 bridgehead atoms. The minimum absolute atomic E-state index is 0.0379. The number of rotatable bonds is 2. The lowest BCUT2D eigenvalue weighted by Gasteiger charge is -2.39. The smallest absolute Gasteiger partial charge is 0.337 e. The van der Waals surface area contributed by atoms with Gasteiger partial charge in [-0.2, -0.15) is 5.26 Å². The molecule has 1 aliphatic heterocycles. The van der Waals surface area contributed by atoms with E-state index in [1.165, 1.54) is 13.8 Å². The maximum atomic E-state index is 11.7. The molecule has 0 atom stereocenters. The van der Waals surface area contributed by atoms with E-state index in [1.807, 2.05) is 6.07 Å². The molecule has 0 saturated heterocycles. The first-order chi connectivity index (χ1) is 8.91. The number of esters is 1. The Bertz CT molecular complexity index is 578. The fourth-order valence-corrected chi connectivity index (χ4v) is 1.72. The van der Waals surface area contributed by atoms with Gasteiger partial charge in [-0.1, -0.05) is 12.1 Å². The summed E-state index contributed by atoms with van der Waals surface area (Å²) >= 11 is 0. The zero-order valence-corrected chi connectivity index (χ0v) is 10.6. The van der Waals surface area contributed by atoms with Crippen LogP contribution in [0, 0.1) is 11.3 Å². The summed E-state index contributed by atoms with van der Waals surface area (Å²) in [5.41, 5.74) is 1.22. The summed E-state index contributed by atoms with van der Waals surface area (Å²) in [5, 5.41) is 20.4. The molecule has 5 heteroatoms. The van der Waals surface area contributed by atoms with E-state index < -0.39 is 17.7 Å². The van der Waals surface area contributed by atoms with E-state index in [1.54, 1.807) is 24.3 Å². The highest BCUT2D eigenvalue weighted by atomic mass is 16.8. The third-order valence-electron chi connectivity index (χ3n) is 2.63. The lowest BCUT2D eigenvalue weighted by atomic mass is 10.0. The lowest BCUT2D eigenvalue weighted by molar-refractivity contribution is -0.394. The van der Waals surface area contributed by atoms with E-state index in [-0.39, 0.29) is 12.0 Å². The quantitative estimate of drug-likeness (QED) is 0.738. The first-order valence-electron chi connectivity index (χ1n) is 5.73. The molecule has 1 aromatic rings. The van der Waals surface area contributed by atoms with E-state index in [4.69, 9.17) is 14.7 Å². The second kappa shape index (κ2) is 4.65. The summed E-state index contributed by atoms with van der Waals surface area (Å²) < 4.78 is 10.0. The van der Waals surface area contributed by atoms with Gasteiger partial charge in [0, 0.05) is 6.42 Å². The highest BCUT2D eigenvalue weighted by Crippen LogP contribution is 2.25. The van der Waals surface area contributed by atoms with Crippen LogP contribution in [0.3, 0.4) is 0 Å². The third-order valence-corrected chi connectivity index (χ3v) is 2.63. The molecular formula is C14H12NO4-. The van der Waals surface area contributed by atoms with Crippen LogP contribution in [0.15, 0.2) is 35.8 Å². The fourth-order valence-electron chi connectivity index (χ4n) is 1.72. The van der Waals surface area contributed by atoms with Crippen molar-refractivity contribution in [3.05, 3.63) is 46.9 Å². The van der Waals surface area contributed by atoms with Gasteiger partial charge in [0.05, 0.1) is 23.2 Å². The van der Waals surface area contributed by atoms with Gasteiger partial charge in [0.1, 0.15) is 0 Å². The summed E-state index contributed by atoms with van der Waals surface area (Å²) in [6, 6.07) is 8.62. The number of cyclic esters (lactones) is 1. The first-order valence-corrected chi connectivity index (χ1v) is 5.73. The van der Waals surface area contributed by atoms with Crippen LogP contribution >= 0.6 is 0 Å². The van der Waals surface area contributed by atoms with Gasteiger partial charge in [-0.3, -0.25) is 0 Å². The topological polar surface area (TPSA) is 82.4 Å². The molecule has 0 spiro atoms. The molecular weight excluding hydrogens is 246 g/mol. The summed E-state index contributed by atoms with van der Waals surface area (Å²) in [6.45, 7) is 3.00. The number of carbonyl (C=O) groups is 1. The molecule has 0 aromatic heterocycles. The van der Waals surface area contributed by atoms with Crippen molar-refractivity contribution >= 4 is 5.97 Å². The molecule has 19 heavy (non-hydrogen) atoms. The van der Waals surface area contributed by atoms with Crippen LogP contribution in [-0.4, -0.2) is 11.8 Å². The Morgan fingerprint density at radius 2 is 1.89 bits per heavy atom. The van der Waals surface area contributed by atoms with Crippen LogP contribution in [0.4, 0.5) is 0 Å². The molecule has 1 heterocycles. The minimum Gasteiger partial charge on any atom is -0.575 e. The number of benzene rings is 1. The van der Waals surface area contributed by atoms with E-state index in [0.29, 0.717) is 5.56 Å². The van der Waals surface area contributed by atoms with Gasteiger partial charge in [-0.15, -0.1) is 0 Å². The van der Waals surface area contributed by atoms with Crippen molar-refractivity contribution in [1.82, 2.24) is 0 Å². The molecule has 98 valence electrons. The number of nitrogens with zero attached hydrogens (tertiary/aromatic N) is 1. The highest BCUT2D eigenvalue weighted by Gasteiger charge is 2.28. The van der Waals surface area contributed by atoms with Gasteiger partial charge >= 0.3 is 5.97 Å². The second-order valence-corrected chi connectivity index (χ2v) is 4.64. The van der Waals surface area contributed by atoms with Crippen molar-refractivity contribution in [3.63, 3.8) is 0 Å². The fraction of sp³-hybridized carbons (Fsp3) is 0.286. The van der Waals surface area contributed by atoms with Crippen molar-refractivity contribution in [3.8, 4) is 6.07 Å². The van der Waals surface area contributed by atoms with E-state index in [2.05, 4.69) is 0 Å². The maximum Gasteiger partial charge on any atom is 0.337 e. The van der Waals surface area contributed by atoms with Crippen LogP contribution in [0.2, 0.25) is 0 Å². The standard InChI is InChI=1S/C14H13NO4/c1-14(2)18-12(16)11(13(17)19-14)7-9-3-5-10(8-15)6-4-9/h3-6,16H,7H2,1-2H3/p-1. The Labute approximate surface area is 110 Å². The number of hydrogen-bond donors (Lipinski definition) is 0. The first kappa shape index (κ1) is 13.0. The van der Waals surface area contributed by atoms with E-state index >= 15 is 0 Å². The van der Waals surface area contributed by atoms with Gasteiger partial charge in [0.15, 0.2) is 5.79 Å². The molecule has 1 aliphatic rings. The Morgan fingerprint density at radius 1 is 1.26 bits per heavy atom. The highest BCUT2D eigenvalue weighted by molar-refractivity contribution is 5.89. The van der Waals surface area contributed by atoms with Crippen molar-refractivity contribution in [2.24, 2.45) is 0 Å².